The molecule has 1 fully saturated rings. The van der Waals surface area contributed by atoms with Crippen molar-refractivity contribution >= 4 is 27.7 Å². The molecular formula is C28H29BrF6N4O6. The molecule has 2 aromatic heterocycles. The monoisotopic (exact) mass is 710 g/mol. The molecule has 246 valence electrons. The van der Waals surface area contributed by atoms with E-state index in [1.54, 1.807) is 30.3 Å². The minimum Gasteiger partial charge on any atom is -0.444 e. The van der Waals surface area contributed by atoms with Gasteiger partial charge in [-0.1, -0.05) is 30.3 Å². The van der Waals surface area contributed by atoms with Gasteiger partial charge in [0.05, 0.1) is 31.1 Å². The molecule has 45 heavy (non-hydrogen) atoms. The zero-order chi connectivity index (χ0) is 33.0. The molecule has 0 saturated carbocycles. The first-order chi connectivity index (χ1) is 21.0. The normalized spacial score (nSPS) is 16.0. The number of halogens is 7. The van der Waals surface area contributed by atoms with Crippen molar-refractivity contribution in [3.63, 3.8) is 0 Å². The van der Waals surface area contributed by atoms with Crippen LogP contribution in [0.3, 0.4) is 0 Å². The average molecular weight is 711 g/mol. The highest BCUT2D eigenvalue weighted by Crippen LogP contribution is 2.47. The van der Waals surface area contributed by atoms with Crippen molar-refractivity contribution in [2.45, 2.75) is 76.5 Å². The van der Waals surface area contributed by atoms with Crippen molar-refractivity contribution < 1.29 is 54.5 Å². The number of hydrogen-bond acceptors (Lipinski definition) is 9. The van der Waals surface area contributed by atoms with Crippen LogP contribution < -0.4 is 5.32 Å². The van der Waals surface area contributed by atoms with Gasteiger partial charge < -0.3 is 23.4 Å². The fourth-order valence-corrected chi connectivity index (χ4v) is 4.82. The Balaban J connectivity index is 1.76. The predicted octanol–water partition coefficient (Wildman–Crippen LogP) is 7.78. The summed E-state index contributed by atoms with van der Waals surface area (Å²) in [6.45, 7) is 4.69. The number of benzene rings is 1. The van der Waals surface area contributed by atoms with Crippen LogP contribution in [0.1, 0.15) is 57.1 Å². The molecule has 3 aromatic rings. The summed E-state index contributed by atoms with van der Waals surface area (Å²) in [5.74, 6) is -1.74. The quantitative estimate of drug-likeness (QED) is 0.166. The van der Waals surface area contributed by atoms with Gasteiger partial charge in [-0.25, -0.2) is 9.78 Å². The Kier molecular flexibility index (Phi) is 10.5. The van der Waals surface area contributed by atoms with Crippen LogP contribution in [0, 0.1) is 0 Å². The van der Waals surface area contributed by atoms with Gasteiger partial charge in [-0.3, -0.25) is 5.32 Å². The van der Waals surface area contributed by atoms with Gasteiger partial charge in [0.25, 0.3) is 11.8 Å². The van der Waals surface area contributed by atoms with Crippen LogP contribution in [0.15, 0.2) is 45.4 Å². The number of aromatic nitrogens is 3. The number of hydrogen-bond donors (Lipinski definition) is 1. The van der Waals surface area contributed by atoms with Crippen molar-refractivity contribution in [2.75, 3.05) is 18.5 Å². The lowest BCUT2D eigenvalue weighted by atomic mass is 9.94. The van der Waals surface area contributed by atoms with E-state index in [2.05, 4.69) is 36.4 Å². The second-order valence-corrected chi connectivity index (χ2v) is 11.7. The fraction of sp³-hybridized carbons (Fsp3) is 0.500. The van der Waals surface area contributed by atoms with Crippen LogP contribution in [0.25, 0.3) is 11.6 Å². The lowest BCUT2D eigenvalue weighted by Gasteiger charge is -2.33. The van der Waals surface area contributed by atoms with Crippen LogP contribution in [0.2, 0.25) is 0 Å². The molecule has 4 rings (SSSR count). The second kappa shape index (κ2) is 13.6. The summed E-state index contributed by atoms with van der Waals surface area (Å²) >= 11 is 2.73. The topological polar surface area (TPSA) is 118 Å². The summed E-state index contributed by atoms with van der Waals surface area (Å²) in [6.07, 6.45) is -12.6. The summed E-state index contributed by atoms with van der Waals surface area (Å²) in [5, 5.41) is 9.45. The molecule has 1 aliphatic heterocycles. The molecule has 1 unspecified atom stereocenters. The summed E-state index contributed by atoms with van der Waals surface area (Å²) in [7, 11) is 0. The van der Waals surface area contributed by atoms with Gasteiger partial charge in [-0.15, -0.1) is 10.2 Å². The summed E-state index contributed by atoms with van der Waals surface area (Å²) in [4.78, 5) is 16.3. The summed E-state index contributed by atoms with van der Waals surface area (Å²) in [6, 6.07) is 8.59. The molecule has 0 aliphatic carbocycles. The molecule has 3 heterocycles. The van der Waals surface area contributed by atoms with Gasteiger partial charge in [0.2, 0.25) is 5.60 Å². The Hall–Kier alpha value is -3.28. The number of nitrogens with one attached hydrogen (secondary N) is 1. The second-order valence-electron chi connectivity index (χ2n) is 10.9. The largest absolute Gasteiger partial charge is 0.444 e. The van der Waals surface area contributed by atoms with Gasteiger partial charge in [0.1, 0.15) is 10.2 Å². The van der Waals surface area contributed by atoms with E-state index >= 15 is 0 Å². The first-order valence-corrected chi connectivity index (χ1v) is 14.4. The molecule has 1 amide bonds. The highest BCUT2D eigenvalue weighted by Gasteiger charge is 2.61. The van der Waals surface area contributed by atoms with Gasteiger partial charge in [0, 0.05) is 0 Å². The Labute approximate surface area is 261 Å². The van der Waals surface area contributed by atoms with E-state index in [1.165, 1.54) is 20.8 Å². The van der Waals surface area contributed by atoms with Crippen molar-refractivity contribution in [1.29, 1.82) is 0 Å². The van der Waals surface area contributed by atoms with Crippen molar-refractivity contribution in [3.8, 4) is 11.6 Å². The minimum absolute atomic E-state index is 0.102. The van der Waals surface area contributed by atoms with E-state index in [4.69, 9.17) is 23.4 Å². The van der Waals surface area contributed by atoms with E-state index in [1.807, 2.05) is 0 Å². The first kappa shape index (κ1) is 34.6. The van der Waals surface area contributed by atoms with Gasteiger partial charge in [-0.2, -0.15) is 26.3 Å². The van der Waals surface area contributed by atoms with Crippen LogP contribution in [-0.2, 0) is 37.3 Å². The van der Waals surface area contributed by atoms with Crippen molar-refractivity contribution in [3.05, 3.63) is 58.0 Å². The maximum atomic E-state index is 15.0. The highest BCUT2D eigenvalue weighted by molar-refractivity contribution is 9.10. The number of ether oxygens (including phenoxy) is 4. The maximum absolute atomic E-state index is 15.0. The van der Waals surface area contributed by atoms with Gasteiger partial charge >= 0.3 is 18.4 Å². The van der Waals surface area contributed by atoms with Crippen LogP contribution in [0.4, 0.5) is 36.8 Å². The molecule has 0 spiro atoms. The molecule has 17 heteroatoms. The van der Waals surface area contributed by atoms with Crippen molar-refractivity contribution in [1.82, 2.24) is 15.2 Å². The number of rotatable bonds is 10. The van der Waals surface area contributed by atoms with E-state index in [-0.39, 0.29) is 12.8 Å². The SMILES string of the molecule is CC(C)(C)OC(=O)Nc1cc(C(F)(F)F)c(Br)nc1-c1nnc(C(CCCC2OCCO2)(OCc2ccccc2)C(F)(F)F)o1. The Morgan fingerprint density at radius 3 is 2.31 bits per heavy atom. The smallest absolute Gasteiger partial charge is 0.426 e. The highest BCUT2D eigenvalue weighted by atomic mass is 79.9. The van der Waals surface area contributed by atoms with E-state index < -0.39 is 82.3 Å². The van der Waals surface area contributed by atoms with Gasteiger partial charge in [0.15, 0.2) is 12.0 Å². The summed E-state index contributed by atoms with van der Waals surface area (Å²) in [5.41, 5.74) is -6.20. The third kappa shape index (κ3) is 8.71. The minimum atomic E-state index is -5.10. The number of carbonyl (C=O) groups excluding carboxylic acids is 1. The van der Waals surface area contributed by atoms with Crippen LogP contribution in [-0.4, -0.2) is 52.6 Å². The Bertz CT molecular complexity index is 1460. The first-order valence-electron chi connectivity index (χ1n) is 13.6. The van der Waals surface area contributed by atoms with Crippen LogP contribution >= 0.6 is 15.9 Å². The third-order valence-electron chi connectivity index (χ3n) is 6.34. The number of anilines is 1. The van der Waals surface area contributed by atoms with Crippen molar-refractivity contribution in [2.24, 2.45) is 0 Å². The molecular weight excluding hydrogens is 682 g/mol. The number of amides is 1. The Morgan fingerprint density at radius 1 is 1.04 bits per heavy atom. The molecule has 0 radical (unpaired) electrons. The predicted molar refractivity (Wildman–Crippen MR) is 149 cm³/mol. The molecule has 0 bridgehead atoms. The van der Waals surface area contributed by atoms with E-state index in [0.29, 0.717) is 24.8 Å². The molecule has 10 nitrogen and oxygen atoms in total. The number of nitrogens with zero attached hydrogens (tertiary/aromatic N) is 3. The summed E-state index contributed by atoms with van der Waals surface area (Å²) < 4.78 is 112. The fourth-order valence-electron chi connectivity index (χ4n) is 4.30. The molecule has 1 aliphatic rings. The zero-order valence-electron chi connectivity index (χ0n) is 24.2. The Morgan fingerprint density at radius 2 is 1.71 bits per heavy atom. The lowest BCUT2D eigenvalue weighted by molar-refractivity contribution is -0.300. The molecule has 1 atom stereocenters. The zero-order valence-corrected chi connectivity index (χ0v) is 25.8. The van der Waals surface area contributed by atoms with Crippen LogP contribution in [0.5, 0.6) is 0 Å². The lowest BCUT2D eigenvalue weighted by Crippen LogP contribution is -2.45. The molecule has 1 N–H and O–H groups in total. The van der Waals surface area contributed by atoms with E-state index in [9.17, 15) is 31.1 Å². The molecule has 1 saturated heterocycles. The number of alkyl halides is 6. The number of pyridine rings is 1. The maximum Gasteiger partial charge on any atom is 0.426 e. The van der Waals surface area contributed by atoms with Gasteiger partial charge in [-0.05, 0) is 67.6 Å². The third-order valence-corrected chi connectivity index (χ3v) is 6.94. The standard InChI is InChI=1S/C28H29BrF6N4O6/c1-25(2,3)45-24(40)36-18-14-17(27(30,31)32)21(29)37-20(18)22-38-39-23(44-22)26(28(33,34)35,11-7-10-19-41-12-13-42-19)43-15-16-8-5-4-6-9-16/h4-6,8-9,14,19H,7,10-13,15H2,1-3H3,(H,36,40). The van der Waals surface area contributed by atoms with E-state index in [0.717, 1.165) is 0 Å². The number of carbonyl (C=O) groups is 1. The average Bonchev–Trinajstić information content (AvgIpc) is 3.62. The molecule has 1 aromatic carbocycles.